The van der Waals surface area contributed by atoms with Gasteiger partial charge in [-0.25, -0.2) is 4.98 Å². The quantitative estimate of drug-likeness (QED) is 0.614. The second kappa shape index (κ2) is 5.61. The minimum absolute atomic E-state index is 0.0457. The predicted octanol–water partition coefficient (Wildman–Crippen LogP) is 2.22. The molecule has 1 rings (SSSR count). The number of hydrogen-bond acceptors (Lipinski definition) is 3. The van der Waals surface area contributed by atoms with Gasteiger partial charge in [-0.1, -0.05) is 19.6 Å². The highest BCUT2D eigenvalue weighted by Gasteiger charge is 2.12. The monoisotopic (exact) mass is 241 g/mol. The third-order valence-corrected chi connectivity index (χ3v) is 4.09. The van der Waals surface area contributed by atoms with Gasteiger partial charge in [0.2, 0.25) is 0 Å². The Hall–Kier alpha value is -0.653. The van der Waals surface area contributed by atoms with E-state index in [0.29, 0.717) is 6.73 Å². The molecule has 0 saturated heterocycles. The summed E-state index contributed by atoms with van der Waals surface area (Å²) in [5.74, 6) is 0.882. The normalized spacial score (nSPS) is 14.1. The highest BCUT2D eigenvalue weighted by Crippen LogP contribution is 2.10. The molecule has 0 aliphatic heterocycles. The fourth-order valence-electron chi connectivity index (χ4n) is 1.37. The van der Waals surface area contributed by atoms with Crippen LogP contribution in [0.5, 0.6) is 0 Å². The van der Waals surface area contributed by atoms with Gasteiger partial charge >= 0.3 is 0 Å². The molecule has 0 saturated carbocycles. The Bertz CT molecular complexity index is 317. The van der Waals surface area contributed by atoms with Crippen molar-refractivity contribution in [1.82, 2.24) is 9.55 Å². The van der Waals surface area contributed by atoms with E-state index in [4.69, 9.17) is 10.5 Å². The number of ether oxygens (including phenoxy) is 1. The SMILES string of the molecule is CC(N)c1nccn1COCC[Si](C)(C)C. The molecule has 16 heavy (non-hydrogen) atoms. The molecule has 5 heteroatoms. The molecule has 0 bridgehead atoms. The van der Waals surface area contributed by atoms with E-state index in [2.05, 4.69) is 24.6 Å². The van der Waals surface area contributed by atoms with E-state index in [1.54, 1.807) is 6.20 Å². The van der Waals surface area contributed by atoms with E-state index in [1.807, 2.05) is 17.7 Å². The lowest BCUT2D eigenvalue weighted by atomic mass is 10.3. The Morgan fingerprint density at radius 2 is 2.19 bits per heavy atom. The topological polar surface area (TPSA) is 53.1 Å². The minimum atomic E-state index is -0.989. The van der Waals surface area contributed by atoms with E-state index in [0.717, 1.165) is 12.4 Å². The maximum Gasteiger partial charge on any atom is 0.127 e. The van der Waals surface area contributed by atoms with Crippen LogP contribution in [-0.2, 0) is 11.5 Å². The second-order valence-electron chi connectivity index (χ2n) is 5.39. The van der Waals surface area contributed by atoms with E-state index < -0.39 is 8.07 Å². The summed E-state index contributed by atoms with van der Waals surface area (Å²) >= 11 is 0. The fourth-order valence-corrected chi connectivity index (χ4v) is 2.13. The van der Waals surface area contributed by atoms with Gasteiger partial charge in [-0.3, -0.25) is 0 Å². The number of nitrogens with zero attached hydrogens (tertiary/aromatic N) is 2. The predicted molar refractivity (Wildman–Crippen MR) is 68.9 cm³/mol. The van der Waals surface area contributed by atoms with Crippen LogP contribution in [0.4, 0.5) is 0 Å². The zero-order chi connectivity index (χ0) is 12.2. The highest BCUT2D eigenvalue weighted by molar-refractivity contribution is 6.76. The number of rotatable bonds is 6. The van der Waals surface area contributed by atoms with Gasteiger partial charge in [0.05, 0.1) is 6.04 Å². The van der Waals surface area contributed by atoms with Crippen molar-refractivity contribution in [1.29, 1.82) is 0 Å². The molecule has 1 aromatic rings. The van der Waals surface area contributed by atoms with E-state index >= 15 is 0 Å². The van der Waals surface area contributed by atoms with Crippen molar-refractivity contribution < 1.29 is 4.74 Å². The van der Waals surface area contributed by atoms with Crippen LogP contribution < -0.4 is 5.73 Å². The average Bonchev–Trinajstić information content (AvgIpc) is 2.58. The Balaban J connectivity index is 2.35. The van der Waals surface area contributed by atoms with Gasteiger partial charge in [-0.05, 0) is 13.0 Å². The molecule has 0 aliphatic rings. The van der Waals surface area contributed by atoms with Crippen molar-refractivity contribution in [3.05, 3.63) is 18.2 Å². The first-order valence-corrected chi connectivity index (χ1v) is 9.45. The maximum atomic E-state index is 5.80. The standard InChI is InChI=1S/C11H23N3OSi/c1-10(12)11-13-5-6-14(11)9-15-7-8-16(2,3)4/h5-6,10H,7-9,12H2,1-4H3. The Labute approximate surface area is 98.8 Å². The number of nitrogens with two attached hydrogens (primary N) is 1. The molecule has 0 aromatic carbocycles. The van der Waals surface area contributed by atoms with Gasteiger partial charge in [0.15, 0.2) is 0 Å². The third-order valence-electron chi connectivity index (χ3n) is 2.38. The van der Waals surface area contributed by atoms with Crippen molar-refractivity contribution in [3.63, 3.8) is 0 Å². The molecule has 0 spiro atoms. The molecule has 1 unspecified atom stereocenters. The molecule has 4 nitrogen and oxygen atoms in total. The highest BCUT2D eigenvalue weighted by atomic mass is 28.3. The van der Waals surface area contributed by atoms with Gasteiger partial charge in [-0.15, -0.1) is 0 Å². The lowest BCUT2D eigenvalue weighted by Gasteiger charge is -2.16. The fraction of sp³-hybridized carbons (Fsp3) is 0.727. The van der Waals surface area contributed by atoms with E-state index in [1.165, 1.54) is 6.04 Å². The van der Waals surface area contributed by atoms with Crippen LogP contribution in [0.2, 0.25) is 25.7 Å². The van der Waals surface area contributed by atoms with Gasteiger partial charge < -0.3 is 15.0 Å². The first kappa shape index (κ1) is 13.4. The molecular formula is C11H23N3OSi. The summed E-state index contributed by atoms with van der Waals surface area (Å²) in [6.07, 6.45) is 3.67. The summed E-state index contributed by atoms with van der Waals surface area (Å²) in [4.78, 5) is 4.21. The molecule has 0 amide bonds. The van der Waals surface area contributed by atoms with Crippen LogP contribution in [0.15, 0.2) is 12.4 Å². The lowest BCUT2D eigenvalue weighted by Crippen LogP contribution is -2.22. The zero-order valence-electron chi connectivity index (χ0n) is 10.7. The van der Waals surface area contributed by atoms with Crippen molar-refractivity contribution in [3.8, 4) is 0 Å². The summed E-state index contributed by atoms with van der Waals surface area (Å²) in [5, 5.41) is 0. The summed E-state index contributed by atoms with van der Waals surface area (Å²) in [7, 11) is -0.989. The largest absolute Gasteiger partial charge is 0.361 e. The van der Waals surface area contributed by atoms with Crippen LogP contribution in [-0.4, -0.2) is 24.2 Å². The molecule has 0 aliphatic carbocycles. The smallest absolute Gasteiger partial charge is 0.127 e. The van der Waals surface area contributed by atoms with E-state index in [-0.39, 0.29) is 6.04 Å². The Morgan fingerprint density at radius 1 is 1.50 bits per heavy atom. The number of aromatic nitrogens is 2. The molecule has 0 fully saturated rings. The minimum Gasteiger partial charge on any atom is -0.361 e. The van der Waals surface area contributed by atoms with Crippen LogP contribution in [0, 0.1) is 0 Å². The maximum absolute atomic E-state index is 5.80. The van der Waals surface area contributed by atoms with Gasteiger partial charge in [0.25, 0.3) is 0 Å². The Kier molecular flexibility index (Phi) is 4.70. The van der Waals surface area contributed by atoms with Crippen LogP contribution in [0.25, 0.3) is 0 Å². The summed E-state index contributed by atoms with van der Waals surface area (Å²) in [5.41, 5.74) is 5.80. The average molecular weight is 241 g/mol. The van der Waals surface area contributed by atoms with E-state index in [9.17, 15) is 0 Å². The van der Waals surface area contributed by atoms with Crippen LogP contribution in [0.3, 0.4) is 0 Å². The zero-order valence-corrected chi connectivity index (χ0v) is 11.7. The molecule has 92 valence electrons. The molecular weight excluding hydrogens is 218 g/mol. The summed E-state index contributed by atoms with van der Waals surface area (Å²) in [6, 6.07) is 1.14. The summed E-state index contributed by atoms with van der Waals surface area (Å²) in [6.45, 7) is 10.4. The van der Waals surface area contributed by atoms with Crippen molar-refractivity contribution >= 4 is 8.07 Å². The molecule has 1 aromatic heterocycles. The van der Waals surface area contributed by atoms with Gasteiger partial charge in [0, 0.05) is 27.1 Å². The van der Waals surface area contributed by atoms with Crippen molar-refractivity contribution in [2.24, 2.45) is 5.73 Å². The first-order valence-electron chi connectivity index (χ1n) is 5.74. The first-order chi connectivity index (χ1) is 7.40. The van der Waals surface area contributed by atoms with Crippen molar-refractivity contribution in [2.75, 3.05) is 6.61 Å². The van der Waals surface area contributed by atoms with Gasteiger partial charge in [0.1, 0.15) is 12.6 Å². The second-order valence-corrected chi connectivity index (χ2v) is 11.0. The van der Waals surface area contributed by atoms with Crippen molar-refractivity contribution in [2.45, 2.75) is 45.4 Å². The number of hydrogen-bond donors (Lipinski definition) is 1. The van der Waals surface area contributed by atoms with Crippen LogP contribution >= 0.6 is 0 Å². The molecule has 1 heterocycles. The molecule has 0 radical (unpaired) electrons. The Morgan fingerprint density at radius 3 is 2.75 bits per heavy atom. The molecule has 2 N–H and O–H groups in total. The third kappa shape index (κ3) is 4.47. The van der Waals surface area contributed by atoms with Crippen LogP contribution in [0.1, 0.15) is 18.8 Å². The molecule has 1 atom stereocenters. The summed E-state index contributed by atoms with van der Waals surface area (Å²) < 4.78 is 7.61. The number of imidazole rings is 1. The lowest BCUT2D eigenvalue weighted by molar-refractivity contribution is 0.0845. The van der Waals surface area contributed by atoms with Gasteiger partial charge in [-0.2, -0.15) is 0 Å².